The Kier molecular flexibility index (Phi) is 4.23. The van der Waals surface area contributed by atoms with Crippen molar-refractivity contribution in [1.82, 2.24) is 10.9 Å². The van der Waals surface area contributed by atoms with Crippen LogP contribution < -0.4 is 10.9 Å². The summed E-state index contributed by atoms with van der Waals surface area (Å²) in [5.74, 6) is -3.43. The fourth-order valence-electron chi connectivity index (χ4n) is 0.587. The third-order valence-electron chi connectivity index (χ3n) is 1.03. The average molecular weight is 202 g/mol. The molecular formula is C8H14N2O4. The predicted molar refractivity (Wildman–Crippen MR) is 48.1 cm³/mol. The maximum atomic E-state index is 11.0. The van der Waals surface area contributed by atoms with Crippen LogP contribution in [0.3, 0.4) is 0 Å². The highest BCUT2D eigenvalue weighted by molar-refractivity contribution is 6.61. The molecule has 0 aliphatic rings. The van der Waals surface area contributed by atoms with Crippen molar-refractivity contribution in [2.75, 3.05) is 7.05 Å². The van der Waals surface area contributed by atoms with E-state index in [9.17, 15) is 14.4 Å². The number of hydrogen-bond donors (Lipinski definition) is 2. The monoisotopic (exact) mass is 202 g/mol. The Morgan fingerprint density at radius 3 is 2.00 bits per heavy atom. The zero-order chi connectivity index (χ0) is 11.4. The number of rotatable bonds is 3. The molecule has 80 valence electrons. The lowest BCUT2D eigenvalue weighted by Gasteiger charge is -2.18. The average Bonchev–Trinajstić information content (AvgIpc) is 2.00. The van der Waals surface area contributed by atoms with Gasteiger partial charge in [-0.3, -0.25) is 15.0 Å². The standard InChI is InChI=1S/C8H14N2O4/c1-8(2,3)14-7(13)5(11)6(12)10-9-4/h9H,1-4H3,(H,10,12). The minimum Gasteiger partial charge on any atom is -0.454 e. The molecule has 0 radical (unpaired) electrons. The molecule has 0 fully saturated rings. The molecule has 2 N–H and O–H groups in total. The number of Topliss-reactive ketones (excluding diaryl/α,β-unsaturated/α-hetero) is 1. The van der Waals surface area contributed by atoms with Gasteiger partial charge in [0.25, 0.3) is 0 Å². The van der Waals surface area contributed by atoms with E-state index in [2.05, 4.69) is 10.2 Å². The van der Waals surface area contributed by atoms with Crippen LogP contribution in [0.4, 0.5) is 0 Å². The summed E-state index contributed by atoms with van der Waals surface area (Å²) in [4.78, 5) is 32.8. The van der Waals surface area contributed by atoms with Crippen molar-refractivity contribution < 1.29 is 19.1 Å². The van der Waals surface area contributed by atoms with Crippen molar-refractivity contribution in [1.29, 1.82) is 0 Å². The smallest absolute Gasteiger partial charge is 0.385 e. The topological polar surface area (TPSA) is 84.5 Å². The van der Waals surface area contributed by atoms with Crippen molar-refractivity contribution in [2.45, 2.75) is 26.4 Å². The van der Waals surface area contributed by atoms with Crippen LogP contribution in [0.1, 0.15) is 20.8 Å². The lowest BCUT2D eigenvalue weighted by Crippen LogP contribution is -2.44. The van der Waals surface area contributed by atoms with Crippen LogP contribution in [0.5, 0.6) is 0 Å². The first-order valence-electron chi connectivity index (χ1n) is 4.02. The first-order chi connectivity index (χ1) is 6.28. The van der Waals surface area contributed by atoms with Crippen molar-refractivity contribution >= 4 is 17.7 Å². The molecule has 1 amide bonds. The van der Waals surface area contributed by atoms with Crippen molar-refractivity contribution in [3.8, 4) is 0 Å². The number of amides is 1. The van der Waals surface area contributed by atoms with E-state index in [-0.39, 0.29) is 0 Å². The zero-order valence-electron chi connectivity index (χ0n) is 8.63. The summed E-state index contributed by atoms with van der Waals surface area (Å²) in [6, 6.07) is 0. The molecular weight excluding hydrogens is 188 g/mol. The second-order valence-corrected chi connectivity index (χ2v) is 3.54. The van der Waals surface area contributed by atoms with Gasteiger partial charge in [0.05, 0.1) is 0 Å². The van der Waals surface area contributed by atoms with Crippen LogP contribution >= 0.6 is 0 Å². The van der Waals surface area contributed by atoms with Gasteiger partial charge in [-0.25, -0.2) is 10.2 Å². The lowest BCUT2D eigenvalue weighted by molar-refractivity contribution is -0.164. The first-order valence-corrected chi connectivity index (χ1v) is 4.02. The van der Waals surface area contributed by atoms with Crippen LogP contribution in [-0.2, 0) is 19.1 Å². The summed E-state index contributed by atoms with van der Waals surface area (Å²) in [6.45, 7) is 4.82. The largest absolute Gasteiger partial charge is 0.454 e. The van der Waals surface area contributed by atoms with E-state index in [1.54, 1.807) is 20.8 Å². The summed E-state index contributed by atoms with van der Waals surface area (Å²) in [5, 5.41) is 0. The summed E-state index contributed by atoms with van der Waals surface area (Å²) in [7, 11) is 1.40. The predicted octanol–water partition coefficient (Wildman–Crippen LogP) is -0.852. The van der Waals surface area contributed by atoms with Crippen LogP contribution in [-0.4, -0.2) is 30.3 Å². The molecule has 0 saturated carbocycles. The number of hydrazine groups is 1. The third-order valence-corrected chi connectivity index (χ3v) is 1.03. The molecule has 0 aliphatic carbocycles. The van der Waals surface area contributed by atoms with Gasteiger partial charge in [-0.1, -0.05) is 0 Å². The molecule has 0 saturated heterocycles. The molecule has 0 spiro atoms. The Labute approximate surface area is 82.0 Å². The van der Waals surface area contributed by atoms with E-state index in [1.807, 2.05) is 5.43 Å². The van der Waals surface area contributed by atoms with Gasteiger partial charge in [0.15, 0.2) is 0 Å². The molecule has 6 nitrogen and oxygen atoms in total. The van der Waals surface area contributed by atoms with Gasteiger partial charge in [0.1, 0.15) is 5.60 Å². The quantitative estimate of drug-likeness (QED) is 0.269. The molecule has 0 aromatic heterocycles. The first kappa shape index (κ1) is 12.6. The normalized spacial score (nSPS) is 10.6. The number of ether oxygens (including phenoxy) is 1. The van der Waals surface area contributed by atoms with Gasteiger partial charge in [-0.2, -0.15) is 0 Å². The molecule has 14 heavy (non-hydrogen) atoms. The van der Waals surface area contributed by atoms with E-state index in [0.29, 0.717) is 0 Å². The fourth-order valence-corrected chi connectivity index (χ4v) is 0.587. The summed E-state index contributed by atoms with van der Waals surface area (Å²) in [6.07, 6.45) is 0. The molecule has 0 atom stereocenters. The molecule has 0 heterocycles. The van der Waals surface area contributed by atoms with E-state index in [4.69, 9.17) is 0 Å². The molecule has 0 aromatic rings. The van der Waals surface area contributed by atoms with Gasteiger partial charge in [0.2, 0.25) is 0 Å². The lowest BCUT2D eigenvalue weighted by atomic mass is 10.2. The van der Waals surface area contributed by atoms with Gasteiger partial charge >= 0.3 is 17.7 Å². The van der Waals surface area contributed by atoms with Crippen LogP contribution in [0.25, 0.3) is 0 Å². The molecule has 0 aromatic carbocycles. The number of carbonyl (C=O) groups excluding carboxylic acids is 3. The second kappa shape index (κ2) is 4.71. The van der Waals surface area contributed by atoms with Gasteiger partial charge in [-0.15, -0.1) is 0 Å². The van der Waals surface area contributed by atoms with Gasteiger partial charge in [-0.05, 0) is 20.8 Å². The van der Waals surface area contributed by atoms with Gasteiger partial charge in [0, 0.05) is 7.05 Å². The highest BCUT2D eigenvalue weighted by Gasteiger charge is 2.28. The Bertz CT molecular complexity index is 255. The molecule has 0 rings (SSSR count). The minimum absolute atomic E-state index is 0.785. The summed E-state index contributed by atoms with van der Waals surface area (Å²) in [5.41, 5.74) is 3.43. The zero-order valence-corrected chi connectivity index (χ0v) is 8.63. The second-order valence-electron chi connectivity index (χ2n) is 3.54. The van der Waals surface area contributed by atoms with Crippen molar-refractivity contribution in [2.24, 2.45) is 0 Å². The van der Waals surface area contributed by atoms with Crippen molar-refractivity contribution in [3.63, 3.8) is 0 Å². The number of esters is 1. The summed E-state index contributed by atoms with van der Waals surface area (Å²) < 4.78 is 4.69. The number of carbonyl (C=O) groups is 3. The molecule has 0 aliphatic heterocycles. The Morgan fingerprint density at radius 2 is 1.64 bits per heavy atom. The number of nitrogens with one attached hydrogen (secondary N) is 2. The van der Waals surface area contributed by atoms with E-state index in [0.717, 1.165) is 0 Å². The maximum Gasteiger partial charge on any atom is 0.385 e. The van der Waals surface area contributed by atoms with E-state index in [1.165, 1.54) is 7.05 Å². The molecule has 6 heteroatoms. The number of hydrogen-bond acceptors (Lipinski definition) is 5. The Balaban J connectivity index is 4.27. The van der Waals surface area contributed by atoms with Crippen molar-refractivity contribution in [3.05, 3.63) is 0 Å². The SMILES string of the molecule is CNNC(=O)C(=O)C(=O)OC(C)(C)C. The van der Waals surface area contributed by atoms with Crippen LogP contribution in [0, 0.1) is 0 Å². The highest BCUT2D eigenvalue weighted by Crippen LogP contribution is 2.06. The fraction of sp³-hybridized carbons (Fsp3) is 0.625. The van der Waals surface area contributed by atoms with E-state index >= 15 is 0 Å². The Morgan fingerprint density at radius 1 is 1.14 bits per heavy atom. The van der Waals surface area contributed by atoms with E-state index < -0.39 is 23.3 Å². The molecule has 0 unspecified atom stereocenters. The van der Waals surface area contributed by atoms with Gasteiger partial charge < -0.3 is 4.74 Å². The summed E-state index contributed by atoms with van der Waals surface area (Å²) >= 11 is 0. The highest BCUT2D eigenvalue weighted by atomic mass is 16.6. The third kappa shape index (κ3) is 4.56. The number of ketones is 1. The Hall–Kier alpha value is -1.43. The molecule has 0 bridgehead atoms. The maximum absolute atomic E-state index is 11.0. The minimum atomic E-state index is -1.23. The van der Waals surface area contributed by atoms with Crippen LogP contribution in [0.15, 0.2) is 0 Å². The van der Waals surface area contributed by atoms with Crippen LogP contribution in [0.2, 0.25) is 0 Å².